The monoisotopic (exact) mass is 249 g/mol. The van der Waals surface area contributed by atoms with Crippen molar-refractivity contribution < 1.29 is 14.4 Å². The molecule has 1 aromatic carbocycles. The van der Waals surface area contributed by atoms with Gasteiger partial charge in [0.25, 0.3) is 5.91 Å². The van der Waals surface area contributed by atoms with E-state index in [9.17, 15) is 4.79 Å². The van der Waals surface area contributed by atoms with Crippen LogP contribution >= 0.6 is 0 Å². The number of hydrogen-bond acceptors (Lipinski definition) is 2. The predicted octanol–water partition coefficient (Wildman–Crippen LogP) is 0.621. The summed E-state index contributed by atoms with van der Waals surface area (Å²) in [6.07, 6.45) is 2.47. The van der Waals surface area contributed by atoms with Crippen LogP contribution in [0.2, 0.25) is 0 Å². The molecule has 2 rings (SSSR count). The van der Waals surface area contributed by atoms with Gasteiger partial charge < -0.3 is 15.0 Å². The summed E-state index contributed by atoms with van der Waals surface area (Å²) in [6, 6.07) is 5.80. The summed E-state index contributed by atoms with van der Waals surface area (Å²) in [4.78, 5) is 13.3. The molecule has 0 aromatic heterocycles. The van der Waals surface area contributed by atoms with Crippen molar-refractivity contribution >= 4 is 11.6 Å². The van der Waals surface area contributed by atoms with E-state index in [1.165, 1.54) is 17.7 Å². The maximum atomic E-state index is 12.0. The van der Waals surface area contributed by atoms with Crippen LogP contribution in [-0.4, -0.2) is 32.7 Å². The van der Waals surface area contributed by atoms with Crippen molar-refractivity contribution in [3.05, 3.63) is 23.8 Å². The standard InChI is InChI=1S/C14H20N2O2/c1-11-5-6-13(18-2)12(9-11)15-14(17)10-16-7-3-4-8-16/h5-6,9H,3-4,7-8,10H2,1-2H3,(H,15,17)/p+1. The van der Waals surface area contributed by atoms with Crippen LogP contribution in [0.4, 0.5) is 5.69 Å². The van der Waals surface area contributed by atoms with Crippen LogP contribution < -0.4 is 15.0 Å². The Morgan fingerprint density at radius 1 is 1.39 bits per heavy atom. The molecule has 1 heterocycles. The van der Waals surface area contributed by atoms with Crippen LogP contribution in [0.5, 0.6) is 5.75 Å². The van der Waals surface area contributed by atoms with Gasteiger partial charge in [-0.1, -0.05) is 6.07 Å². The lowest BCUT2D eigenvalue weighted by Gasteiger charge is -2.14. The van der Waals surface area contributed by atoms with Gasteiger partial charge in [0, 0.05) is 12.8 Å². The van der Waals surface area contributed by atoms with Gasteiger partial charge in [0.2, 0.25) is 0 Å². The molecule has 18 heavy (non-hydrogen) atoms. The first-order chi connectivity index (χ1) is 8.69. The second kappa shape index (κ2) is 5.87. The summed E-state index contributed by atoms with van der Waals surface area (Å²) in [6.45, 7) is 4.77. The Hall–Kier alpha value is -1.55. The molecule has 0 saturated carbocycles. The summed E-state index contributed by atoms with van der Waals surface area (Å²) < 4.78 is 5.25. The Morgan fingerprint density at radius 2 is 2.11 bits per heavy atom. The first kappa shape index (κ1) is 12.9. The lowest BCUT2D eigenvalue weighted by atomic mass is 10.2. The van der Waals surface area contributed by atoms with Crippen LogP contribution in [0.25, 0.3) is 0 Å². The van der Waals surface area contributed by atoms with E-state index < -0.39 is 0 Å². The molecule has 0 unspecified atom stereocenters. The quantitative estimate of drug-likeness (QED) is 0.821. The molecule has 0 spiro atoms. The summed E-state index contributed by atoms with van der Waals surface area (Å²) in [7, 11) is 1.62. The van der Waals surface area contributed by atoms with Gasteiger partial charge in [0.1, 0.15) is 5.75 Å². The number of amides is 1. The summed E-state index contributed by atoms with van der Waals surface area (Å²) in [5, 5.41) is 2.94. The van der Waals surface area contributed by atoms with Gasteiger partial charge >= 0.3 is 0 Å². The second-order valence-corrected chi connectivity index (χ2v) is 4.89. The number of methoxy groups -OCH3 is 1. The zero-order valence-electron chi connectivity index (χ0n) is 11.1. The minimum atomic E-state index is 0.0656. The number of anilines is 1. The summed E-state index contributed by atoms with van der Waals surface area (Å²) >= 11 is 0. The molecule has 1 amide bonds. The van der Waals surface area contributed by atoms with Gasteiger partial charge in [0.15, 0.2) is 6.54 Å². The average Bonchev–Trinajstić information content (AvgIpc) is 2.82. The minimum absolute atomic E-state index is 0.0656. The first-order valence-corrected chi connectivity index (χ1v) is 6.47. The smallest absolute Gasteiger partial charge is 0.279 e. The number of rotatable bonds is 4. The van der Waals surface area contributed by atoms with E-state index in [1.54, 1.807) is 7.11 Å². The third kappa shape index (κ3) is 3.23. The second-order valence-electron chi connectivity index (χ2n) is 4.89. The SMILES string of the molecule is COc1ccc(C)cc1NC(=O)C[NH+]1CCCC1. The van der Waals surface area contributed by atoms with Crippen molar-refractivity contribution in [2.24, 2.45) is 0 Å². The number of carbonyl (C=O) groups excluding carboxylic acids is 1. The predicted molar refractivity (Wildman–Crippen MR) is 71.2 cm³/mol. The van der Waals surface area contributed by atoms with Crippen LogP contribution in [0, 0.1) is 6.92 Å². The number of nitrogens with one attached hydrogen (secondary N) is 2. The molecule has 2 N–H and O–H groups in total. The Labute approximate surface area is 108 Å². The van der Waals surface area contributed by atoms with E-state index in [0.29, 0.717) is 12.3 Å². The van der Waals surface area contributed by atoms with Gasteiger partial charge in [-0.3, -0.25) is 4.79 Å². The molecule has 1 aromatic rings. The molecule has 0 radical (unpaired) electrons. The van der Waals surface area contributed by atoms with E-state index in [2.05, 4.69) is 5.32 Å². The third-order valence-corrected chi connectivity index (χ3v) is 3.35. The Morgan fingerprint density at radius 3 is 2.78 bits per heavy atom. The molecule has 1 aliphatic heterocycles. The van der Waals surface area contributed by atoms with Crippen molar-refractivity contribution in [3.63, 3.8) is 0 Å². The minimum Gasteiger partial charge on any atom is -0.495 e. The van der Waals surface area contributed by atoms with E-state index >= 15 is 0 Å². The van der Waals surface area contributed by atoms with E-state index in [-0.39, 0.29) is 5.91 Å². The molecule has 1 fully saturated rings. The van der Waals surface area contributed by atoms with E-state index in [0.717, 1.165) is 24.3 Å². The van der Waals surface area contributed by atoms with Gasteiger partial charge in [0.05, 0.1) is 25.9 Å². The lowest BCUT2D eigenvalue weighted by Crippen LogP contribution is -3.11. The number of ether oxygens (including phenoxy) is 1. The zero-order valence-corrected chi connectivity index (χ0v) is 11.1. The third-order valence-electron chi connectivity index (χ3n) is 3.35. The normalized spacial score (nSPS) is 15.7. The highest BCUT2D eigenvalue weighted by Crippen LogP contribution is 2.24. The van der Waals surface area contributed by atoms with Gasteiger partial charge in [-0.2, -0.15) is 0 Å². The topological polar surface area (TPSA) is 42.8 Å². The van der Waals surface area contributed by atoms with E-state index in [4.69, 9.17) is 4.74 Å². The van der Waals surface area contributed by atoms with E-state index in [1.807, 2.05) is 25.1 Å². The average molecular weight is 249 g/mol. The van der Waals surface area contributed by atoms with Crippen molar-refractivity contribution in [1.29, 1.82) is 0 Å². The molecule has 98 valence electrons. The maximum absolute atomic E-state index is 12.0. The summed E-state index contributed by atoms with van der Waals surface area (Å²) in [5.41, 5.74) is 1.88. The highest BCUT2D eigenvalue weighted by Gasteiger charge is 2.19. The van der Waals surface area contributed by atoms with Gasteiger partial charge in [-0.05, 0) is 24.6 Å². The molecule has 0 atom stereocenters. The Balaban J connectivity index is 1.99. The molecule has 1 aliphatic rings. The van der Waals surface area contributed by atoms with Crippen LogP contribution in [0.3, 0.4) is 0 Å². The molecule has 4 nitrogen and oxygen atoms in total. The number of carbonyl (C=O) groups is 1. The van der Waals surface area contributed by atoms with Gasteiger partial charge in [-0.15, -0.1) is 0 Å². The molecule has 0 aliphatic carbocycles. The van der Waals surface area contributed by atoms with Crippen LogP contribution in [0.1, 0.15) is 18.4 Å². The number of hydrogen-bond donors (Lipinski definition) is 2. The molecular weight excluding hydrogens is 228 g/mol. The zero-order chi connectivity index (χ0) is 13.0. The number of quaternary nitrogens is 1. The van der Waals surface area contributed by atoms with Crippen molar-refractivity contribution in [3.8, 4) is 5.75 Å². The largest absolute Gasteiger partial charge is 0.495 e. The Kier molecular flexibility index (Phi) is 4.20. The van der Waals surface area contributed by atoms with Crippen LogP contribution in [0.15, 0.2) is 18.2 Å². The fourth-order valence-corrected chi connectivity index (χ4v) is 2.39. The maximum Gasteiger partial charge on any atom is 0.279 e. The van der Waals surface area contributed by atoms with Crippen molar-refractivity contribution in [2.45, 2.75) is 19.8 Å². The fourth-order valence-electron chi connectivity index (χ4n) is 2.39. The fraction of sp³-hybridized carbons (Fsp3) is 0.500. The number of likely N-dealkylation sites (tertiary alicyclic amines) is 1. The van der Waals surface area contributed by atoms with Crippen molar-refractivity contribution in [1.82, 2.24) is 0 Å². The molecule has 0 bridgehead atoms. The highest BCUT2D eigenvalue weighted by molar-refractivity contribution is 5.93. The van der Waals surface area contributed by atoms with Crippen LogP contribution in [-0.2, 0) is 4.79 Å². The lowest BCUT2D eigenvalue weighted by molar-refractivity contribution is -0.878. The molecular formula is C14H21N2O2+. The molecule has 1 saturated heterocycles. The summed E-state index contributed by atoms with van der Waals surface area (Å²) in [5.74, 6) is 0.779. The Bertz CT molecular complexity index is 426. The highest BCUT2D eigenvalue weighted by atomic mass is 16.5. The number of benzene rings is 1. The van der Waals surface area contributed by atoms with Crippen molar-refractivity contribution in [2.75, 3.05) is 32.1 Å². The first-order valence-electron chi connectivity index (χ1n) is 6.47. The molecule has 4 heteroatoms. The van der Waals surface area contributed by atoms with Gasteiger partial charge in [-0.25, -0.2) is 0 Å². The number of aryl methyl sites for hydroxylation is 1.